The van der Waals surface area contributed by atoms with Crippen molar-refractivity contribution in [1.82, 2.24) is 5.06 Å². The molecule has 1 aromatic rings. The van der Waals surface area contributed by atoms with Gasteiger partial charge in [0.2, 0.25) is 11.9 Å². The number of methoxy groups -OCH3 is 1. The lowest BCUT2D eigenvalue weighted by molar-refractivity contribution is -0.292. The van der Waals surface area contributed by atoms with E-state index in [1.807, 2.05) is 5.06 Å². The summed E-state index contributed by atoms with van der Waals surface area (Å²) in [6.07, 6.45) is 1.70. The van der Waals surface area contributed by atoms with E-state index in [0.717, 1.165) is 19.3 Å². The molecule has 0 N–H and O–H groups in total. The third kappa shape index (κ3) is 3.82. The van der Waals surface area contributed by atoms with Crippen LogP contribution in [0, 0.1) is 0 Å². The van der Waals surface area contributed by atoms with E-state index in [-0.39, 0.29) is 16.9 Å². The summed E-state index contributed by atoms with van der Waals surface area (Å²) in [5.74, 6) is -1.02. The fourth-order valence-corrected chi connectivity index (χ4v) is 3.90. The summed E-state index contributed by atoms with van der Waals surface area (Å²) in [6.45, 7) is 8.27. The zero-order valence-electron chi connectivity index (χ0n) is 14.4. The molecule has 2 heterocycles. The van der Waals surface area contributed by atoms with Crippen molar-refractivity contribution in [2.45, 2.75) is 64.1 Å². The molecule has 128 valence electrons. The number of Topliss-reactive ketones (excluding diaryl/α,β-unsaturated/α-hetero) is 1. The van der Waals surface area contributed by atoms with Gasteiger partial charge in [-0.2, -0.15) is 5.06 Å². The molecule has 1 saturated heterocycles. The Morgan fingerprint density at radius 3 is 2.30 bits per heavy atom. The highest BCUT2D eigenvalue weighted by Gasteiger charge is 2.46. The molecule has 1 aliphatic heterocycles. The molecule has 1 aliphatic rings. The number of thiophene rings is 1. The predicted octanol–water partition coefficient (Wildman–Crippen LogP) is 3.45. The lowest BCUT2D eigenvalue weighted by atomic mass is 9.82. The molecule has 23 heavy (non-hydrogen) atoms. The van der Waals surface area contributed by atoms with Crippen molar-refractivity contribution in [2.24, 2.45) is 0 Å². The molecule has 0 bridgehead atoms. The fraction of sp³-hybridized carbons (Fsp3) is 0.647. The van der Waals surface area contributed by atoms with Crippen LogP contribution in [-0.4, -0.2) is 41.1 Å². The lowest BCUT2D eigenvalue weighted by Gasteiger charge is -2.51. The van der Waals surface area contributed by atoms with E-state index in [4.69, 9.17) is 9.57 Å². The molecule has 0 radical (unpaired) electrons. The summed E-state index contributed by atoms with van der Waals surface area (Å²) in [7, 11) is 1.27. The number of ketones is 1. The number of piperidine rings is 1. The number of carbonyl (C=O) groups is 2. The summed E-state index contributed by atoms with van der Waals surface area (Å²) in [5.41, 5.74) is -0.520. The Morgan fingerprint density at radius 1 is 1.22 bits per heavy atom. The van der Waals surface area contributed by atoms with E-state index < -0.39 is 12.1 Å². The standard InChI is InChI=1S/C17H25NO4S/c1-16(2)9-7-10-17(3,4)18(16)22-14(15(20)21-5)13(19)12-8-6-11-23-12/h6,8,11,14H,7,9-10H2,1-5H3. The molecule has 0 amide bonds. The van der Waals surface area contributed by atoms with Gasteiger partial charge in [0, 0.05) is 11.1 Å². The van der Waals surface area contributed by atoms with Crippen molar-refractivity contribution in [3.8, 4) is 0 Å². The number of hydroxylamine groups is 2. The number of carbonyl (C=O) groups excluding carboxylic acids is 2. The number of hydrogen-bond donors (Lipinski definition) is 0. The third-order valence-electron chi connectivity index (χ3n) is 4.30. The first kappa shape index (κ1) is 18.1. The van der Waals surface area contributed by atoms with Crippen LogP contribution in [0.4, 0.5) is 0 Å². The molecule has 1 atom stereocenters. The molecular formula is C17H25NO4S. The smallest absolute Gasteiger partial charge is 0.345 e. The molecule has 0 aromatic carbocycles. The Kier molecular flexibility index (Phi) is 5.28. The summed E-state index contributed by atoms with van der Waals surface area (Å²) in [6, 6.07) is 3.47. The van der Waals surface area contributed by atoms with Crippen LogP contribution in [0.15, 0.2) is 17.5 Å². The van der Waals surface area contributed by atoms with E-state index in [0.29, 0.717) is 4.88 Å². The maximum atomic E-state index is 12.7. The number of rotatable bonds is 5. The van der Waals surface area contributed by atoms with Gasteiger partial charge in [0.1, 0.15) is 0 Å². The average molecular weight is 339 g/mol. The van der Waals surface area contributed by atoms with Crippen LogP contribution < -0.4 is 0 Å². The Morgan fingerprint density at radius 2 is 1.83 bits per heavy atom. The van der Waals surface area contributed by atoms with Crippen molar-refractivity contribution in [3.05, 3.63) is 22.4 Å². The normalized spacial score (nSPS) is 21.6. The maximum absolute atomic E-state index is 12.7. The fourth-order valence-electron chi connectivity index (χ4n) is 3.22. The summed E-state index contributed by atoms with van der Waals surface area (Å²) in [4.78, 5) is 31.3. The van der Waals surface area contributed by atoms with Crippen molar-refractivity contribution >= 4 is 23.1 Å². The minimum Gasteiger partial charge on any atom is -0.467 e. The molecule has 0 saturated carbocycles. The zero-order chi connectivity index (χ0) is 17.3. The predicted molar refractivity (Wildman–Crippen MR) is 89.4 cm³/mol. The minimum atomic E-state index is -1.27. The van der Waals surface area contributed by atoms with E-state index >= 15 is 0 Å². The molecular weight excluding hydrogens is 314 g/mol. The second kappa shape index (κ2) is 6.71. The van der Waals surface area contributed by atoms with Gasteiger partial charge in [-0.25, -0.2) is 4.79 Å². The first-order valence-corrected chi connectivity index (χ1v) is 8.70. The Balaban J connectivity index is 2.29. The van der Waals surface area contributed by atoms with Crippen molar-refractivity contribution in [2.75, 3.05) is 7.11 Å². The molecule has 0 aliphatic carbocycles. The van der Waals surface area contributed by atoms with Crippen LogP contribution in [-0.2, 0) is 14.4 Å². The molecule has 5 nitrogen and oxygen atoms in total. The van der Waals surface area contributed by atoms with Crippen LogP contribution in [0.25, 0.3) is 0 Å². The summed E-state index contributed by atoms with van der Waals surface area (Å²) in [5, 5.41) is 3.62. The molecule has 2 rings (SSSR count). The van der Waals surface area contributed by atoms with Gasteiger partial charge in [0.05, 0.1) is 12.0 Å². The lowest BCUT2D eigenvalue weighted by Crippen LogP contribution is -2.60. The summed E-state index contributed by atoms with van der Waals surface area (Å²) < 4.78 is 4.80. The van der Waals surface area contributed by atoms with Crippen LogP contribution in [0.1, 0.15) is 56.6 Å². The topological polar surface area (TPSA) is 55.8 Å². The van der Waals surface area contributed by atoms with E-state index in [1.165, 1.54) is 18.4 Å². The van der Waals surface area contributed by atoms with Gasteiger partial charge in [-0.3, -0.25) is 9.63 Å². The first-order valence-electron chi connectivity index (χ1n) is 7.82. The van der Waals surface area contributed by atoms with Crippen LogP contribution in [0.3, 0.4) is 0 Å². The van der Waals surface area contributed by atoms with Crippen LogP contribution in [0.5, 0.6) is 0 Å². The highest BCUT2D eigenvalue weighted by Crippen LogP contribution is 2.39. The van der Waals surface area contributed by atoms with E-state index in [2.05, 4.69) is 27.7 Å². The van der Waals surface area contributed by atoms with E-state index in [9.17, 15) is 9.59 Å². The quantitative estimate of drug-likeness (QED) is 0.467. The Labute approximate surface area is 141 Å². The van der Waals surface area contributed by atoms with Crippen LogP contribution >= 0.6 is 11.3 Å². The van der Waals surface area contributed by atoms with Gasteiger partial charge in [-0.05, 0) is 58.4 Å². The van der Waals surface area contributed by atoms with Crippen molar-refractivity contribution < 1.29 is 19.2 Å². The van der Waals surface area contributed by atoms with Gasteiger partial charge >= 0.3 is 5.97 Å². The van der Waals surface area contributed by atoms with Crippen LogP contribution in [0.2, 0.25) is 0 Å². The third-order valence-corrected chi connectivity index (χ3v) is 5.19. The highest BCUT2D eigenvalue weighted by atomic mass is 32.1. The minimum absolute atomic E-state index is 0.260. The molecule has 1 aromatic heterocycles. The maximum Gasteiger partial charge on any atom is 0.345 e. The molecule has 0 spiro atoms. The Hall–Kier alpha value is -1.24. The zero-order valence-corrected chi connectivity index (χ0v) is 15.2. The molecule has 1 unspecified atom stereocenters. The van der Waals surface area contributed by atoms with Gasteiger partial charge in [-0.15, -0.1) is 11.3 Å². The van der Waals surface area contributed by atoms with E-state index in [1.54, 1.807) is 17.5 Å². The van der Waals surface area contributed by atoms with Gasteiger partial charge < -0.3 is 4.74 Å². The monoisotopic (exact) mass is 339 g/mol. The number of ether oxygens (including phenoxy) is 1. The second-order valence-corrected chi connectivity index (χ2v) is 8.07. The van der Waals surface area contributed by atoms with Gasteiger partial charge in [0.25, 0.3) is 0 Å². The van der Waals surface area contributed by atoms with Gasteiger partial charge in [0.15, 0.2) is 0 Å². The average Bonchev–Trinajstić information content (AvgIpc) is 2.98. The van der Waals surface area contributed by atoms with Crippen molar-refractivity contribution in [1.29, 1.82) is 0 Å². The Bertz CT molecular complexity index is 549. The summed E-state index contributed by atoms with van der Waals surface area (Å²) >= 11 is 1.29. The number of hydrogen-bond acceptors (Lipinski definition) is 6. The number of esters is 1. The van der Waals surface area contributed by atoms with Gasteiger partial charge in [-0.1, -0.05) is 6.07 Å². The SMILES string of the molecule is COC(=O)C(ON1C(C)(C)CCCC1(C)C)C(=O)c1cccs1. The highest BCUT2D eigenvalue weighted by molar-refractivity contribution is 7.12. The molecule has 6 heteroatoms. The first-order chi connectivity index (χ1) is 10.7. The van der Waals surface area contributed by atoms with Crippen molar-refractivity contribution in [3.63, 3.8) is 0 Å². The second-order valence-electron chi connectivity index (χ2n) is 7.12. The largest absolute Gasteiger partial charge is 0.467 e. The molecule has 1 fully saturated rings. The number of nitrogens with zero attached hydrogens (tertiary/aromatic N) is 1.